The summed E-state index contributed by atoms with van der Waals surface area (Å²) in [6, 6.07) is 3.55. The van der Waals surface area contributed by atoms with Gasteiger partial charge in [0, 0.05) is 6.54 Å². The van der Waals surface area contributed by atoms with E-state index < -0.39 is 24.3 Å². The summed E-state index contributed by atoms with van der Waals surface area (Å²) >= 11 is 0. The van der Waals surface area contributed by atoms with Crippen LogP contribution >= 0.6 is 0 Å². The molecule has 0 heterocycles. The summed E-state index contributed by atoms with van der Waals surface area (Å²) in [7, 11) is 1.30. The monoisotopic (exact) mass is 312 g/mol. The third kappa shape index (κ3) is 5.39. The number of hydrogen-bond acceptors (Lipinski definition) is 5. The minimum Gasteiger partial charge on any atom is -0.494 e. The lowest BCUT2D eigenvalue weighted by Crippen LogP contribution is -2.38. The minimum atomic E-state index is -0.852. The molecule has 0 aliphatic heterocycles. The summed E-state index contributed by atoms with van der Waals surface area (Å²) in [6.45, 7) is 1.43. The number of methoxy groups -OCH3 is 1. The molecule has 2 N–H and O–H groups in total. The second-order valence-electron chi connectivity index (χ2n) is 4.16. The normalized spacial score (nSPS) is 9.77. The molecule has 0 saturated heterocycles. The number of ether oxygens (including phenoxy) is 2. The maximum absolute atomic E-state index is 13.4. The third-order valence-corrected chi connectivity index (χ3v) is 2.54. The van der Waals surface area contributed by atoms with E-state index in [0.29, 0.717) is 6.54 Å². The van der Waals surface area contributed by atoms with Gasteiger partial charge in [-0.05, 0) is 25.1 Å². The highest BCUT2D eigenvalue weighted by atomic mass is 19.1. The van der Waals surface area contributed by atoms with Gasteiger partial charge in [-0.25, -0.2) is 9.18 Å². The Balaban J connectivity index is 2.44. The highest BCUT2D eigenvalue weighted by Gasteiger charge is 2.13. The fourth-order valence-corrected chi connectivity index (χ4v) is 1.50. The van der Waals surface area contributed by atoms with Gasteiger partial charge in [-0.3, -0.25) is 9.59 Å². The molecular weight excluding hydrogens is 295 g/mol. The lowest BCUT2D eigenvalue weighted by atomic mass is 10.2. The van der Waals surface area contributed by atoms with Crippen molar-refractivity contribution < 1.29 is 28.2 Å². The van der Waals surface area contributed by atoms with Gasteiger partial charge in [-0.1, -0.05) is 0 Å². The number of carbonyl (C=O) groups excluding carboxylic acids is 3. The molecule has 0 aliphatic rings. The Kier molecular flexibility index (Phi) is 6.81. The van der Waals surface area contributed by atoms with Crippen LogP contribution in [0.15, 0.2) is 18.2 Å². The number of likely N-dealkylation sites (N-methyl/N-ethyl adjacent to an activating group) is 1. The number of nitrogens with one attached hydrogen (secondary N) is 2. The second kappa shape index (κ2) is 8.60. The lowest BCUT2D eigenvalue weighted by Gasteiger charge is -2.07. The van der Waals surface area contributed by atoms with Gasteiger partial charge in [0.2, 0.25) is 5.91 Å². The van der Waals surface area contributed by atoms with Crippen molar-refractivity contribution in [3.8, 4) is 5.75 Å². The number of amides is 2. The molecule has 1 aromatic rings. The van der Waals surface area contributed by atoms with Crippen molar-refractivity contribution in [1.29, 1.82) is 0 Å². The first kappa shape index (κ1) is 17.4. The van der Waals surface area contributed by atoms with Crippen LogP contribution in [0.3, 0.4) is 0 Å². The Bertz CT molecular complexity index is 562. The molecule has 0 bridgehead atoms. The smallest absolute Gasteiger partial charge is 0.338 e. The third-order valence-electron chi connectivity index (χ3n) is 2.54. The minimum absolute atomic E-state index is 0.00349. The molecule has 2 amide bonds. The van der Waals surface area contributed by atoms with E-state index in [1.807, 2.05) is 0 Å². The Morgan fingerprint density at radius 1 is 1.18 bits per heavy atom. The van der Waals surface area contributed by atoms with Crippen LogP contribution in [0, 0.1) is 5.82 Å². The van der Waals surface area contributed by atoms with Crippen LogP contribution in [-0.4, -0.2) is 44.6 Å². The molecule has 22 heavy (non-hydrogen) atoms. The van der Waals surface area contributed by atoms with Crippen molar-refractivity contribution in [2.75, 3.05) is 26.8 Å². The first-order valence-electron chi connectivity index (χ1n) is 6.52. The summed E-state index contributed by atoms with van der Waals surface area (Å²) in [6.07, 6.45) is 0. The van der Waals surface area contributed by atoms with Crippen LogP contribution in [0.25, 0.3) is 0 Å². The van der Waals surface area contributed by atoms with Gasteiger partial charge in [0.15, 0.2) is 18.2 Å². The SMILES string of the molecule is CCNC(=O)CNC(=O)COC(=O)c1ccc(OC)c(F)c1. The molecule has 0 fully saturated rings. The molecule has 1 aromatic carbocycles. The summed E-state index contributed by atoms with van der Waals surface area (Å²) < 4.78 is 22.9. The molecule has 0 aliphatic carbocycles. The van der Waals surface area contributed by atoms with Gasteiger partial charge in [-0.15, -0.1) is 0 Å². The molecule has 0 spiro atoms. The van der Waals surface area contributed by atoms with E-state index in [1.165, 1.54) is 19.2 Å². The number of esters is 1. The first-order chi connectivity index (χ1) is 10.5. The van der Waals surface area contributed by atoms with Crippen LogP contribution in [0.2, 0.25) is 0 Å². The van der Waals surface area contributed by atoms with Gasteiger partial charge >= 0.3 is 5.97 Å². The zero-order chi connectivity index (χ0) is 16.5. The fraction of sp³-hybridized carbons (Fsp3) is 0.357. The van der Waals surface area contributed by atoms with Crippen LogP contribution in [0.1, 0.15) is 17.3 Å². The fourth-order valence-electron chi connectivity index (χ4n) is 1.50. The molecule has 1 rings (SSSR count). The van der Waals surface area contributed by atoms with Gasteiger partial charge < -0.3 is 20.1 Å². The average Bonchev–Trinajstić information content (AvgIpc) is 2.50. The Morgan fingerprint density at radius 2 is 1.91 bits per heavy atom. The summed E-state index contributed by atoms with van der Waals surface area (Å²) in [5, 5.41) is 4.78. The summed E-state index contributed by atoms with van der Waals surface area (Å²) in [4.78, 5) is 34.2. The maximum Gasteiger partial charge on any atom is 0.338 e. The van der Waals surface area contributed by atoms with Crippen LogP contribution in [0.5, 0.6) is 5.75 Å². The maximum atomic E-state index is 13.4. The highest BCUT2D eigenvalue weighted by Crippen LogP contribution is 2.18. The summed E-state index contributed by atoms with van der Waals surface area (Å²) in [5.74, 6) is -2.54. The van der Waals surface area contributed by atoms with Crippen LogP contribution in [0.4, 0.5) is 4.39 Å². The number of hydrogen-bond donors (Lipinski definition) is 2. The quantitative estimate of drug-likeness (QED) is 0.704. The van der Waals surface area contributed by atoms with Gasteiger partial charge in [0.25, 0.3) is 5.91 Å². The molecule has 0 atom stereocenters. The zero-order valence-electron chi connectivity index (χ0n) is 12.3. The number of halogens is 1. The van der Waals surface area contributed by atoms with E-state index in [2.05, 4.69) is 10.6 Å². The Hall–Kier alpha value is -2.64. The summed E-state index contributed by atoms with van der Waals surface area (Å²) in [5.41, 5.74) is -0.0465. The highest BCUT2D eigenvalue weighted by molar-refractivity contribution is 5.92. The number of carbonyl (C=O) groups is 3. The molecule has 120 valence electrons. The van der Waals surface area contributed by atoms with Gasteiger partial charge in [-0.2, -0.15) is 0 Å². The van der Waals surface area contributed by atoms with E-state index >= 15 is 0 Å². The molecule has 8 heteroatoms. The van der Waals surface area contributed by atoms with E-state index in [1.54, 1.807) is 6.92 Å². The van der Waals surface area contributed by atoms with Crippen molar-refractivity contribution in [2.45, 2.75) is 6.92 Å². The largest absolute Gasteiger partial charge is 0.494 e. The van der Waals surface area contributed by atoms with E-state index in [0.717, 1.165) is 6.07 Å². The molecule has 0 aromatic heterocycles. The Morgan fingerprint density at radius 3 is 2.50 bits per heavy atom. The number of benzene rings is 1. The molecule has 0 unspecified atom stereocenters. The predicted molar refractivity (Wildman–Crippen MR) is 74.9 cm³/mol. The average molecular weight is 312 g/mol. The number of rotatable bonds is 7. The zero-order valence-corrected chi connectivity index (χ0v) is 12.3. The molecular formula is C14H17FN2O5. The van der Waals surface area contributed by atoms with Crippen LogP contribution < -0.4 is 15.4 Å². The molecule has 7 nitrogen and oxygen atoms in total. The van der Waals surface area contributed by atoms with E-state index in [-0.39, 0.29) is 23.8 Å². The van der Waals surface area contributed by atoms with E-state index in [4.69, 9.17) is 9.47 Å². The van der Waals surface area contributed by atoms with Crippen LogP contribution in [-0.2, 0) is 14.3 Å². The van der Waals surface area contributed by atoms with Crippen molar-refractivity contribution in [1.82, 2.24) is 10.6 Å². The topological polar surface area (TPSA) is 93.7 Å². The first-order valence-corrected chi connectivity index (χ1v) is 6.52. The Labute approximate surface area is 126 Å². The molecule has 0 saturated carbocycles. The van der Waals surface area contributed by atoms with Crippen molar-refractivity contribution in [2.24, 2.45) is 0 Å². The lowest BCUT2D eigenvalue weighted by molar-refractivity contribution is -0.127. The van der Waals surface area contributed by atoms with Crippen molar-refractivity contribution in [3.05, 3.63) is 29.6 Å². The molecule has 0 radical (unpaired) electrons. The van der Waals surface area contributed by atoms with Gasteiger partial charge in [0.1, 0.15) is 0 Å². The van der Waals surface area contributed by atoms with E-state index in [9.17, 15) is 18.8 Å². The van der Waals surface area contributed by atoms with Crippen molar-refractivity contribution >= 4 is 17.8 Å². The van der Waals surface area contributed by atoms with Gasteiger partial charge in [0.05, 0.1) is 19.2 Å². The van der Waals surface area contributed by atoms with Crippen molar-refractivity contribution in [3.63, 3.8) is 0 Å². The predicted octanol–water partition coefficient (Wildman–Crippen LogP) is 0.243. The standard InChI is InChI=1S/C14H17FN2O5/c1-3-16-12(18)7-17-13(19)8-22-14(20)9-4-5-11(21-2)10(15)6-9/h4-6H,3,7-8H2,1-2H3,(H,16,18)(H,17,19). The second-order valence-corrected chi connectivity index (χ2v) is 4.16.